The van der Waals surface area contributed by atoms with Gasteiger partial charge in [0.1, 0.15) is 0 Å². The Kier molecular flexibility index (Phi) is 8.36. The molecule has 0 saturated carbocycles. The maximum atomic E-state index is 12.3. The SMILES string of the molecule is CCOC(=O)c1ccccc1CC(CCN(CC)CC)c1ccccc1. The fourth-order valence-electron chi connectivity index (χ4n) is 3.36. The van der Waals surface area contributed by atoms with Gasteiger partial charge < -0.3 is 9.64 Å². The van der Waals surface area contributed by atoms with Crippen molar-refractivity contribution < 1.29 is 9.53 Å². The Bertz CT molecular complexity index is 665. The van der Waals surface area contributed by atoms with Gasteiger partial charge in [0.25, 0.3) is 0 Å². The van der Waals surface area contributed by atoms with Crippen LogP contribution in [0.4, 0.5) is 0 Å². The number of nitrogens with zero attached hydrogens (tertiary/aromatic N) is 1. The topological polar surface area (TPSA) is 29.5 Å². The van der Waals surface area contributed by atoms with Gasteiger partial charge in [0.15, 0.2) is 0 Å². The summed E-state index contributed by atoms with van der Waals surface area (Å²) in [6, 6.07) is 18.5. The maximum Gasteiger partial charge on any atom is 0.338 e. The number of hydrogen-bond acceptors (Lipinski definition) is 3. The van der Waals surface area contributed by atoms with Gasteiger partial charge in [-0.15, -0.1) is 0 Å². The van der Waals surface area contributed by atoms with E-state index in [1.807, 2.05) is 25.1 Å². The summed E-state index contributed by atoms with van der Waals surface area (Å²) in [4.78, 5) is 14.8. The summed E-state index contributed by atoms with van der Waals surface area (Å²) >= 11 is 0. The van der Waals surface area contributed by atoms with E-state index in [4.69, 9.17) is 4.74 Å². The van der Waals surface area contributed by atoms with Gasteiger partial charge in [-0.3, -0.25) is 0 Å². The van der Waals surface area contributed by atoms with E-state index in [9.17, 15) is 4.79 Å². The number of carbonyl (C=O) groups is 1. The summed E-state index contributed by atoms with van der Waals surface area (Å²) < 4.78 is 5.24. The van der Waals surface area contributed by atoms with Gasteiger partial charge in [-0.2, -0.15) is 0 Å². The van der Waals surface area contributed by atoms with Crippen molar-refractivity contribution in [2.24, 2.45) is 0 Å². The van der Waals surface area contributed by atoms with Crippen molar-refractivity contribution >= 4 is 5.97 Å². The molecule has 0 fully saturated rings. The van der Waals surface area contributed by atoms with Gasteiger partial charge in [-0.25, -0.2) is 4.79 Å². The van der Waals surface area contributed by atoms with Gasteiger partial charge in [-0.1, -0.05) is 62.4 Å². The van der Waals surface area contributed by atoms with E-state index in [0.717, 1.165) is 38.0 Å². The molecule has 140 valence electrons. The van der Waals surface area contributed by atoms with E-state index in [0.29, 0.717) is 18.1 Å². The number of rotatable bonds is 10. The fourth-order valence-corrected chi connectivity index (χ4v) is 3.36. The summed E-state index contributed by atoms with van der Waals surface area (Å²) in [5.41, 5.74) is 3.09. The van der Waals surface area contributed by atoms with Crippen molar-refractivity contribution in [2.45, 2.75) is 39.5 Å². The third-order valence-corrected chi connectivity index (χ3v) is 4.94. The van der Waals surface area contributed by atoms with Crippen molar-refractivity contribution in [2.75, 3.05) is 26.2 Å². The smallest absolute Gasteiger partial charge is 0.338 e. The average molecular weight is 354 g/mol. The number of esters is 1. The Balaban J connectivity index is 2.23. The molecule has 0 spiro atoms. The first-order valence-corrected chi connectivity index (χ1v) is 9.71. The van der Waals surface area contributed by atoms with Crippen LogP contribution in [0.5, 0.6) is 0 Å². The van der Waals surface area contributed by atoms with Crippen LogP contribution in [0.25, 0.3) is 0 Å². The van der Waals surface area contributed by atoms with Gasteiger partial charge in [-0.05, 0) is 62.5 Å². The molecule has 0 N–H and O–H groups in total. The molecule has 2 aromatic rings. The largest absolute Gasteiger partial charge is 0.462 e. The van der Waals surface area contributed by atoms with Gasteiger partial charge >= 0.3 is 5.97 Å². The predicted molar refractivity (Wildman–Crippen MR) is 108 cm³/mol. The molecule has 0 heterocycles. The lowest BCUT2D eigenvalue weighted by Crippen LogP contribution is -2.25. The van der Waals surface area contributed by atoms with Crippen molar-refractivity contribution in [3.05, 3.63) is 71.3 Å². The van der Waals surface area contributed by atoms with E-state index < -0.39 is 0 Å². The van der Waals surface area contributed by atoms with E-state index in [1.54, 1.807) is 0 Å². The van der Waals surface area contributed by atoms with Crippen LogP contribution < -0.4 is 0 Å². The van der Waals surface area contributed by atoms with Gasteiger partial charge in [0, 0.05) is 0 Å². The van der Waals surface area contributed by atoms with E-state index in [1.165, 1.54) is 5.56 Å². The molecule has 3 heteroatoms. The molecular formula is C23H31NO2. The Morgan fingerprint density at radius 1 is 0.962 bits per heavy atom. The second-order valence-electron chi connectivity index (χ2n) is 6.50. The molecule has 0 aliphatic heterocycles. The lowest BCUT2D eigenvalue weighted by atomic mass is 9.87. The van der Waals surface area contributed by atoms with Crippen LogP contribution in [0.3, 0.4) is 0 Å². The molecule has 0 amide bonds. The summed E-state index contributed by atoms with van der Waals surface area (Å²) in [5.74, 6) is 0.158. The minimum absolute atomic E-state index is 0.223. The van der Waals surface area contributed by atoms with Gasteiger partial charge in [0.05, 0.1) is 12.2 Å². The van der Waals surface area contributed by atoms with Crippen LogP contribution in [0.15, 0.2) is 54.6 Å². The molecule has 1 atom stereocenters. The summed E-state index contributed by atoms with van der Waals surface area (Å²) in [6.07, 6.45) is 1.92. The zero-order chi connectivity index (χ0) is 18.8. The lowest BCUT2D eigenvalue weighted by molar-refractivity contribution is 0.0525. The van der Waals surface area contributed by atoms with Crippen LogP contribution in [0.1, 0.15) is 54.6 Å². The van der Waals surface area contributed by atoms with Crippen LogP contribution in [-0.4, -0.2) is 37.1 Å². The molecule has 2 aromatic carbocycles. The monoisotopic (exact) mass is 353 g/mol. The van der Waals surface area contributed by atoms with Crippen molar-refractivity contribution in [3.63, 3.8) is 0 Å². The molecule has 0 bridgehead atoms. The van der Waals surface area contributed by atoms with Crippen molar-refractivity contribution in [1.29, 1.82) is 0 Å². The Morgan fingerprint density at radius 3 is 2.27 bits per heavy atom. The van der Waals surface area contributed by atoms with Gasteiger partial charge in [0.2, 0.25) is 0 Å². The average Bonchev–Trinajstić information content (AvgIpc) is 2.69. The summed E-state index contributed by atoms with van der Waals surface area (Å²) in [6.45, 7) is 9.85. The summed E-state index contributed by atoms with van der Waals surface area (Å²) in [5, 5.41) is 0. The highest BCUT2D eigenvalue weighted by Crippen LogP contribution is 2.26. The zero-order valence-corrected chi connectivity index (χ0v) is 16.3. The number of carbonyl (C=O) groups excluding carboxylic acids is 1. The molecule has 0 aliphatic carbocycles. The van der Waals surface area contributed by atoms with E-state index in [-0.39, 0.29) is 5.97 Å². The van der Waals surface area contributed by atoms with Crippen molar-refractivity contribution in [1.82, 2.24) is 4.90 Å². The number of hydrogen-bond donors (Lipinski definition) is 0. The Labute approximate surface area is 158 Å². The van der Waals surface area contributed by atoms with Crippen LogP contribution >= 0.6 is 0 Å². The molecule has 0 saturated heterocycles. The third kappa shape index (κ3) is 5.70. The summed E-state index contributed by atoms with van der Waals surface area (Å²) in [7, 11) is 0. The van der Waals surface area contributed by atoms with Crippen LogP contribution in [0, 0.1) is 0 Å². The standard InChI is InChI=1S/C23H31NO2/c1-4-24(5-2)17-16-20(19-12-8-7-9-13-19)18-21-14-10-11-15-22(21)23(25)26-6-3/h7-15,20H,4-6,16-18H2,1-3H3. The second kappa shape index (κ2) is 10.8. The molecule has 0 aliphatic rings. The molecule has 2 rings (SSSR count). The second-order valence-corrected chi connectivity index (χ2v) is 6.50. The quantitative estimate of drug-likeness (QED) is 0.568. The first-order chi connectivity index (χ1) is 12.7. The zero-order valence-electron chi connectivity index (χ0n) is 16.3. The number of benzene rings is 2. The Morgan fingerprint density at radius 2 is 1.62 bits per heavy atom. The fraction of sp³-hybridized carbons (Fsp3) is 0.435. The minimum atomic E-state index is -0.223. The first-order valence-electron chi connectivity index (χ1n) is 9.71. The minimum Gasteiger partial charge on any atom is -0.462 e. The highest BCUT2D eigenvalue weighted by Gasteiger charge is 2.18. The normalized spacial score (nSPS) is 12.2. The Hall–Kier alpha value is -2.13. The van der Waals surface area contributed by atoms with E-state index in [2.05, 4.69) is 55.1 Å². The highest BCUT2D eigenvalue weighted by atomic mass is 16.5. The van der Waals surface area contributed by atoms with E-state index >= 15 is 0 Å². The van der Waals surface area contributed by atoms with Crippen LogP contribution in [0.2, 0.25) is 0 Å². The first kappa shape index (κ1) is 20.2. The van der Waals surface area contributed by atoms with Crippen LogP contribution in [-0.2, 0) is 11.2 Å². The molecule has 0 radical (unpaired) electrons. The molecule has 3 nitrogen and oxygen atoms in total. The molecule has 1 unspecified atom stereocenters. The molecular weight excluding hydrogens is 322 g/mol. The number of ether oxygens (including phenoxy) is 1. The highest BCUT2D eigenvalue weighted by molar-refractivity contribution is 5.91. The lowest BCUT2D eigenvalue weighted by Gasteiger charge is -2.24. The molecule has 26 heavy (non-hydrogen) atoms. The third-order valence-electron chi connectivity index (χ3n) is 4.94. The van der Waals surface area contributed by atoms with Crippen molar-refractivity contribution in [3.8, 4) is 0 Å². The molecule has 0 aromatic heterocycles. The maximum absolute atomic E-state index is 12.3. The predicted octanol–water partition coefficient (Wildman–Crippen LogP) is 4.92.